The fourth-order valence-electron chi connectivity index (χ4n) is 4.39. The number of para-hydroxylation sites is 1. The van der Waals surface area contributed by atoms with E-state index in [1.165, 1.54) is 12.1 Å². The molecule has 4 aromatic rings. The van der Waals surface area contributed by atoms with E-state index in [2.05, 4.69) is 32.7 Å². The number of non-ortho nitro benzene ring substituents is 1. The van der Waals surface area contributed by atoms with Gasteiger partial charge in [0.05, 0.1) is 33.3 Å². The lowest BCUT2D eigenvalue weighted by molar-refractivity contribution is -0.384. The molecule has 0 spiro atoms. The van der Waals surface area contributed by atoms with E-state index in [4.69, 9.17) is 0 Å². The van der Waals surface area contributed by atoms with Gasteiger partial charge >= 0.3 is 0 Å². The average Bonchev–Trinajstić information content (AvgIpc) is 3.49. The van der Waals surface area contributed by atoms with Crippen LogP contribution in [0.4, 0.5) is 5.69 Å². The topological polar surface area (TPSA) is 122 Å². The van der Waals surface area contributed by atoms with Crippen LogP contribution in [-0.4, -0.2) is 38.0 Å². The lowest BCUT2D eigenvalue weighted by Gasteiger charge is -2.03. The molecule has 9 nitrogen and oxygen atoms in total. The molecule has 3 heterocycles. The monoisotopic (exact) mass is 471 g/mol. The Balaban J connectivity index is 1.74. The predicted molar refractivity (Wildman–Crippen MR) is 131 cm³/mol. The van der Waals surface area contributed by atoms with Crippen LogP contribution < -0.4 is 5.32 Å². The van der Waals surface area contributed by atoms with E-state index in [9.17, 15) is 19.7 Å². The van der Waals surface area contributed by atoms with Gasteiger partial charge in [0.15, 0.2) is 0 Å². The number of aryl methyl sites for hydroxylation is 1. The molecule has 0 bridgehead atoms. The molecule has 2 N–H and O–H groups in total. The van der Waals surface area contributed by atoms with Gasteiger partial charge in [-0.1, -0.05) is 18.2 Å². The summed E-state index contributed by atoms with van der Waals surface area (Å²) < 4.78 is 1.84. The number of carbonyl (C=O) groups excluding carboxylic acids is 2. The largest absolute Gasteiger partial charge is 0.361 e. The number of rotatable bonds is 7. The van der Waals surface area contributed by atoms with Gasteiger partial charge in [-0.15, -0.1) is 0 Å². The number of hydrogen-bond acceptors (Lipinski definition) is 6. The summed E-state index contributed by atoms with van der Waals surface area (Å²) in [6.45, 7) is 0.944. The normalized spacial score (nSPS) is 13.5. The molecular formula is C24H17N5O4S. The van der Waals surface area contributed by atoms with Gasteiger partial charge in [-0.05, 0) is 30.8 Å². The van der Waals surface area contributed by atoms with Crippen molar-refractivity contribution in [1.29, 1.82) is 0 Å². The van der Waals surface area contributed by atoms with E-state index in [1.54, 1.807) is 18.5 Å². The molecule has 0 unspecified atom stereocenters. The Morgan fingerprint density at radius 3 is 2.59 bits per heavy atom. The van der Waals surface area contributed by atoms with Crippen molar-refractivity contribution < 1.29 is 14.5 Å². The van der Waals surface area contributed by atoms with Crippen LogP contribution >= 0.6 is 12.2 Å². The minimum Gasteiger partial charge on any atom is -0.361 e. The highest BCUT2D eigenvalue weighted by atomic mass is 32.1. The molecule has 34 heavy (non-hydrogen) atoms. The summed E-state index contributed by atoms with van der Waals surface area (Å²) in [5.41, 5.74) is 3.03. The van der Waals surface area contributed by atoms with Crippen LogP contribution in [0.25, 0.3) is 33.0 Å². The first-order valence-corrected chi connectivity index (χ1v) is 10.9. The molecule has 0 fully saturated rings. The van der Waals surface area contributed by atoms with Crippen LogP contribution in [0.2, 0.25) is 0 Å². The third-order valence-electron chi connectivity index (χ3n) is 5.87. The van der Waals surface area contributed by atoms with Crippen LogP contribution in [0.3, 0.4) is 0 Å². The fraction of sp³-hybridized carbons (Fsp3) is 0.125. The summed E-state index contributed by atoms with van der Waals surface area (Å²) in [5, 5.41) is 17.6. The maximum atomic E-state index is 13.0. The van der Waals surface area contributed by atoms with Crippen molar-refractivity contribution in [2.45, 2.75) is 13.0 Å². The first-order valence-electron chi connectivity index (χ1n) is 10.5. The number of hydrogen-bond donors (Lipinski definition) is 2. The molecular weight excluding hydrogens is 454 g/mol. The second kappa shape index (κ2) is 8.51. The van der Waals surface area contributed by atoms with Gasteiger partial charge in [0.1, 0.15) is 0 Å². The molecule has 2 aromatic heterocycles. The fourth-order valence-corrected chi connectivity index (χ4v) is 4.48. The summed E-state index contributed by atoms with van der Waals surface area (Å²) in [7, 11) is 0. The minimum atomic E-state index is -0.506. The Labute approximate surface area is 197 Å². The molecule has 2 aromatic carbocycles. The van der Waals surface area contributed by atoms with Gasteiger partial charge in [0, 0.05) is 58.5 Å². The average molecular weight is 471 g/mol. The third kappa shape index (κ3) is 3.51. The molecule has 168 valence electrons. The van der Waals surface area contributed by atoms with Crippen LogP contribution in [-0.2, 0) is 16.1 Å². The van der Waals surface area contributed by atoms with Crippen LogP contribution in [0.15, 0.2) is 59.9 Å². The number of fused-ring (bicyclic) bond motifs is 2. The number of nitrogens with one attached hydrogen (secondary N) is 2. The Bertz CT molecular complexity index is 1590. The van der Waals surface area contributed by atoms with Gasteiger partial charge in [-0.3, -0.25) is 25.0 Å². The standard InChI is InChI=1S/C24H17N5O4S/c30-23-21(17-11-26-19-5-2-1-4-15(17)19)22(24(31)27-23)18-12-28(9-3-8-25-13-34)20-10-14(29(32)33)6-7-16(18)20/h1-2,4-7,10-12,26H,3,8-9H2,(H,27,30,31). The number of isothiocyanates is 1. The molecule has 2 amide bonds. The molecule has 0 aliphatic carbocycles. The Kier molecular flexibility index (Phi) is 5.37. The van der Waals surface area contributed by atoms with Crippen molar-refractivity contribution in [2.24, 2.45) is 4.99 Å². The second-order valence-electron chi connectivity index (χ2n) is 7.80. The molecule has 0 saturated heterocycles. The Morgan fingerprint density at radius 1 is 1.06 bits per heavy atom. The highest BCUT2D eigenvalue weighted by molar-refractivity contribution is 7.78. The number of imide groups is 1. The van der Waals surface area contributed by atoms with Crippen molar-refractivity contribution in [3.63, 3.8) is 0 Å². The maximum Gasteiger partial charge on any atom is 0.271 e. The van der Waals surface area contributed by atoms with Crippen molar-refractivity contribution in [2.75, 3.05) is 6.54 Å². The number of nitro groups is 1. The minimum absolute atomic E-state index is 0.0620. The highest BCUT2D eigenvalue weighted by Crippen LogP contribution is 2.39. The van der Waals surface area contributed by atoms with Crippen molar-refractivity contribution in [3.8, 4) is 0 Å². The van der Waals surface area contributed by atoms with E-state index in [1.807, 2.05) is 28.8 Å². The summed E-state index contributed by atoms with van der Waals surface area (Å²) in [4.78, 5) is 43.9. The summed E-state index contributed by atoms with van der Waals surface area (Å²) in [6.07, 6.45) is 4.10. The van der Waals surface area contributed by atoms with Gasteiger partial charge in [0.2, 0.25) is 0 Å². The first-order chi connectivity index (χ1) is 16.5. The highest BCUT2D eigenvalue weighted by Gasteiger charge is 2.35. The van der Waals surface area contributed by atoms with E-state index in [-0.39, 0.29) is 16.8 Å². The number of aromatic amines is 1. The molecule has 1 aliphatic heterocycles. The number of H-pyrrole nitrogens is 1. The van der Waals surface area contributed by atoms with E-state index in [0.717, 1.165) is 10.9 Å². The van der Waals surface area contributed by atoms with E-state index in [0.29, 0.717) is 41.5 Å². The summed E-state index contributed by atoms with van der Waals surface area (Å²) in [6, 6.07) is 12.0. The van der Waals surface area contributed by atoms with E-state index >= 15 is 0 Å². The lowest BCUT2D eigenvalue weighted by Crippen LogP contribution is -2.22. The number of aliphatic imine (C=N–C) groups is 1. The van der Waals surface area contributed by atoms with Gasteiger partial charge in [-0.2, -0.15) is 0 Å². The zero-order valence-corrected chi connectivity index (χ0v) is 18.5. The lowest BCUT2D eigenvalue weighted by atomic mass is 9.95. The number of thiocarbonyl (C=S) groups is 1. The molecule has 5 rings (SSSR count). The number of nitrogens with zero attached hydrogens (tertiary/aromatic N) is 3. The Morgan fingerprint density at radius 2 is 1.82 bits per heavy atom. The quantitative estimate of drug-likeness (QED) is 0.105. The zero-order chi connectivity index (χ0) is 23.8. The first kappa shape index (κ1) is 21.4. The molecule has 0 saturated carbocycles. The second-order valence-corrected chi connectivity index (χ2v) is 7.99. The number of carbonyl (C=O) groups is 2. The van der Waals surface area contributed by atoms with Gasteiger partial charge in [0.25, 0.3) is 17.5 Å². The number of benzene rings is 2. The van der Waals surface area contributed by atoms with Crippen LogP contribution in [0, 0.1) is 10.1 Å². The maximum absolute atomic E-state index is 13.0. The predicted octanol–water partition coefficient (Wildman–Crippen LogP) is 4.09. The van der Waals surface area contributed by atoms with Crippen molar-refractivity contribution in [3.05, 3.63) is 76.1 Å². The van der Waals surface area contributed by atoms with E-state index < -0.39 is 16.7 Å². The third-order valence-corrected chi connectivity index (χ3v) is 6.00. The van der Waals surface area contributed by atoms with Crippen LogP contribution in [0.1, 0.15) is 17.5 Å². The smallest absolute Gasteiger partial charge is 0.271 e. The van der Waals surface area contributed by atoms with Gasteiger partial charge in [-0.25, -0.2) is 4.99 Å². The van der Waals surface area contributed by atoms with Crippen molar-refractivity contribution in [1.82, 2.24) is 14.9 Å². The SMILES string of the molecule is O=C1NC(=O)C(c2cn(CCCN=C=S)c3cc([N+](=O)[O-])ccc23)=C1c1c[nH]c2ccccc12. The zero-order valence-electron chi connectivity index (χ0n) is 17.7. The number of nitro benzene ring substituents is 1. The summed E-state index contributed by atoms with van der Waals surface area (Å²) in [5.74, 6) is -0.990. The number of aromatic nitrogens is 2. The van der Waals surface area contributed by atoms with Crippen LogP contribution in [0.5, 0.6) is 0 Å². The Hall–Kier alpha value is -4.40. The number of amides is 2. The summed E-state index contributed by atoms with van der Waals surface area (Å²) >= 11 is 4.61. The molecule has 1 aliphatic rings. The van der Waals surface area contributed by atoms with Gasteiger partial charge < -0.3 is 9.55 Å². The molecule has 0 radical (unpaired) electrons. The molecule has 10 heteroatoms. The molecule has 0 atom stereocenters. The van der Waals surface area contributed by atoms with Crippen molar-refractivity contribution >= 4 is 67.8 Å².